The standard InChI is InChI=1S/C17H13N3O2S/c1-11-6-7-14-15(8-11)22-17(20-14)23-10-16(21)19-13-5-3-2-4-12(13)9-18/h2-8H,10H2,1H3,(H,19,21). The zero-order valence-corrected chi connectivity index (χ0v) is 13.2. The van der Waals surface area contributed by atoms with Crippen LogP contribution in [0.1, 0.15) is 11.1 Å². The molecule has 0 bridgehead atoms. The molecule has 0 spiro atoms. The Hall–Kier alpha value is -2.78. The van der Waals surface area contributed by atoms with Gasteiger partial charge in [0.1, 0.15) is 11.6 Å². The normalized spacial score (nSPS) is 10.4. The lowest BCUT2D eigenvalue weighted by Crippen LogP contribution is -2.14. The van der Waals surface area contributed by atoms with Crippen molar-refractivity contribution in [2.45, 2.75) is 12.1 Å². The molecule has 0 atom stereocenters. The lowest BCUT2D eigenvalue weighted by atomic mass is 10.2. The van der Waals surface area contributed by atoms with E-state index in [9.17, 15) is 4.79 Å². The fraction of sp³-hybridized carbons (Fsp3) is 0.118. The number of amides is 1. The highest BCUT2D eigenvalue weighted by Crippen LogP contribution is 2.24. The minimum Gasteiger partial charge on any atom is -0.431 e. The summed E-state index contributed by atoms with van der Waals surface area (Å²) in [6, 6.07) is 14.7. The fourth-order valence-corrected chi connectivity index (χ4v) is 2.71. The van der Waals surface area contributed by atoms with Crippen LogP contribution in [0.5, 0.6) is 0 Å². The molecule has 3 rings (SSSR count). The Morgan fingerprint density at radius 2 is 2.17 bits per heavy atom. The first kappa shape index (κ1) is 15.1. The Kier molecular flexibility index (Phi) is 4.31. The van der Waals surface area contributed by atoms with Gasteiger partial charge in [-0.05, 0) is 36.8 Å². The van der Waals surface area contributed by atoms with Gasteiger partial charge in [0.25, 0.3) is 5.22 Å². The van der Waals surface area contributed by atoms with Crippen LogP contribution in [-0.4, -0.2) is 16.6 Å². The number of carbonyl (C=O) groups is 1. The van der Waals surface area contributed by atoms with Crippen molar-refractivity contribution in [2.24, 2.45) is 0 Å². The predicted molar refractivity (Wildman–Crippen MR) is 89.3 cm³/mol. The minimum absolute atomic E-state index is 0.158. The van der Waals surface area contributed by atoms with Crippen LogP contribution in [0, 0.1) is 18.3 Å². The van der Waals surface area contributed by atoms with Gasteiger partial charge in [0, 0.05) is 0 Å². The largest absolute Gasteiger partial charge is 0.431 e. The van der Waals surface area contributed by atoms with Gasteiger partial charge in [0.15, 0.2) is 5.58 Å². The number of benzene rings is 2. The van der Waals surface area contributed by atoms with Gasteiger partial charge in [-0.2, -0.15) is 5.26 Å². The fourth-order valence-electron chi connectivity index (χ4n) is 2.08. The van der Waals surface area contributed by atoms with Crippen LogP contribution in [0.3, 0.4) is 0 Å². The van der Waals surface area contributed by atoms with Gasteiger partial charge in [-0.3, -0.25) is 4.79 Å². The smallest absolute Gasteiger partial charge is 0.257 e. The van der Waals surface area contributed by atoms with E-state index in [1.165, 1.54) is 11.8 Å². The molecule has 0 unspecified atom stereocenters. The van der Waals surface area contributed by atoms with Crippen LogP contribution in [0.4, 0.5) is 5.69 Å². The highest BCUT2D eigenvalue weighted by atomic mass is 32.2. The number of anilines is 1. The number of oxazole rings is 1. The summed E-state index contributed by atoms with van der Waals surface area (Å²) >= 11 is 1.22. The molecule has 0 fully saturated rings. The van der Waals surface area contributed by atoms with E-state index >= 15 is 0 Å². The number of nitrogens with zero attached hydrogens (tertiary/aromatic N) is 2. The topological polar surface area (TPSA) is 78.9 Å². The van der Waals surface area contributed by atoms with E-state index in [0.29, 0.717) is 22.1 Å². The highest BCUT2D eigenvalue weighted by molar-refractivity contribution is 7.99. The van der Waals surface area contributed by atoms with Crippen molar-refractivity contribution in [3.63, 3.8) is 0 Å². The molecule has 0 aliphatic carbocycles. The SMILES string of the molecule is Cc1ccc2nc(SCC(=O)Nc3ccccc3C#N)oc2c1. The number of carbonyl (C=O) groups excluding carboxylic acids is 1. The molecule has 23 heavy (non-hydrogen) atoms. The van der Waals surface area contributed by atoms with Crippen molar-refractivity contribution < 1.29 is 9.21 Å². The third-order valence-electron chi connectivity index (χ3n) is 3.17. The lowest BCUT2D eigenvalue weighted by molar-refractivity contribution is -0.113. The number of rotatable bonds is 4. The number of nitrogens with one attached hydrogen (secondary N) is 1. The van der Waals surface area contributed by atoms with Crippen LogP contribution < -0.4 is 5.32 Å². The molecule has 5 nitrogen and oxygen atoms in total. The van der Waals surface area contributed by atoms with Gasteiger partial charge >= 0.3 is 0 Å². The average molecular weight is 323 g/mol. The van der Waals surface area contributed by atoms with Crippen molar-refractivity contribution in [3.05, 3.63) is 53.6 Å². The lowest BCUT2D eigenvalue weighted by Gasteiger charge is -2.05. The predicted octanol–water partition coefficient (Wildman–Crippen LogP) is 3.74. The third-order valence-corrected chi connectivity index (χ3v) is 4.00. The molecule has 3 aromatic rings. The molecular formula is C17H13N3O2S. The van der Waals surface area contributed by atoms with Gasteiger partial charge < -0.3 is 9.73 Å². The summed E-state index contributed by atoms with van der Waals surface area (Å²) in [5, 5.41) is 12.2. The Labute approximate surface area is 137 Å². The monoisotopic (exact) mass is 323 g/mol. The molecule has 1 aromatic heterocycles. The van der Waals surface area contributed by atoms with Crippen molar-refractivity contribution in [1.29, 1.82) is 5.26 Å². The summed E-state index contributed by atoms with van der Waals surface area (Å²) in [6.07, 6.45) is 0. The van der Waals surface area contributed by atoms with E-state index in [1.54, 1.807) is 24.3 Å². The average Bonchev–Trinajstić information content (AvgIpc) is 2.95. The molecule has 1 N–H and O–H groups in total. The van der Waals surface area contributed by atoms with Crippen LogP contribution in [0.25, 0.3) is 11.1 Å². The van der Waals surface area contributed by atoms with Crippen molar-refractivity contribution in [2.75, 3.05) is 11.1 Å². The van der Waals surface area contributed by atoms with Crippen LogP contribution >= 0.6 is 11.8 Å². The van der Waals surface area contributed by atoms with Crippen molar-refractivity contribution >= 4 is 34.5 Å². The molecule has 6 heteroatoms. The molecule has 0 radical (unpaired) electrons. The number of para-hydroxylation sites is 1. The number of nitriles is 1. The number of fused-ring (bicyclic) bond motifs is 1. The van der Waals surface area contributed by atoms with E-state index < -0.39 is 0 Å². The Morgan fingerprint density at radius 3 is 3.00 bits per heavy atom. The number of hydrogen-bond acceptors (Lipinski definition) is 5. The Bertz CT molecular complexity index is 912. The van der Waals surface area contributed by atoms with E-state index in [2.05, 4.69) is 10.3 Å². The summed E-state index contributed by atoms with van der Waals surface area (Å²) < 4.78 is 5.61. The molecular weight excluding hydrogens is 310 g/mol. The number of aromatic nitrogens is 1. The van der Waals surface area contributed by atoms with E-state index in [-0.39, 0.29) is 11.7 Å². The number of hydrogen-bond donors (Lipinski definition) is 1. The molecule has 0 aliphatic rings. The number of thioether (sulfide) groups is 1. The summed E-state index contributed by atoms with van der Waals surface area (Å²) in [6.45, 7) is 1.98. The first-order valence-corrected chi connectivity index (χ1v) is 7.93. The zero-order chi connectivity index (χ0) is 16.2. The Balaban J connectivity index is 1.65. The molecule has 1 amide bonds. The van der Waals surface area contributed by atoms with E-state index in [0.717, 1.165) is 11.1 Å². The second kappa shape index (κ2) is 6.55. The maximum absolute atomic E-state index is 12.0. The summed E-state index contributed by atoms with van der Waals surface area (Å²) in [5.74, 6) is -0.0536. The molecule has 114 valence electrons. The molecule has 2 aromatic carbocycles. The van der Waals surface area contributed by atoms with Gasteiger partial charge in [-0.25, -0.2) is 4.98 Å². The quantitative estimate of drug-likeness (QED) is 0.740. The summed E-state index contributed by atoms with van der Waals surface area (Å²) in [4.78, 5) is 16.3. The van der Waals surface area contributed by atoms with Crippen molar-refractivity contribution in [1.82, 2.24) is 4.98 Å². The van der Waals surface area contributed by atoms with E-state index in [4.69, 9.17) is 9.68 Å². The maximum Gasteiger partial charge on any atom is 0.257 e. The number of aryl methyl sites for hydroxylation is 1. The van der Waals surface area contributed by atoms with Gasteiger partial charge in [-0.1, -0.05) is 30.0 Å². The van der Waals surface area contributed by atoms with E-state index in [1.807, 2.05) is 31.2 Å². The Morgan fingerprint density at radius 1 is 1.35 bits per heavy atom. The van der Waals surface area contributed by atoms with Gasteiger partial charge in [0.2, 0.25) is 5.91 Å². The van der Waals surface area contributed by atoms with Crippen LogP contribution in [0.2, 0.25) is 0 Å². The van der Waals surface area contributed by atoms with Crippen LogP contribution in [-0.2, 0) is 4.79 Å². The van der Waals surface area contributed by atoms with Crippen LogP contribution in [0.15, 0.2) is 52.1 Å². The maximum atomic E-state index is 12.0. The summed E-state index contributed by atoms with van der Waals surface area (Å²) in [7, 11) is 0. The zero-order valence-electron chi connectivity index (χ0n) is 12.4. The first-order valence-electron chi connectivity index (χ1n) is 6.94. The highest BCUT2D eigenvalue weighted by Gasteiger charge is 2.11. The molecule has 0 aliphatic heterocycles. The second-order valence-corrected chi connectivity index (χ2v) is 5.87. The molecule has 1 heterocycles. The third kappa shape index (κ3) is 3.52. The molecule has 0 saturated carbocycles. The van der Waals surface area contributed by atoms with Gasteiger partial charge in [-0.15, -0.1) is 0 Å². The first-order chi connectivity index (χ1) is 11.2. The summed E-state index contributed by atoms with van der Waals surface area (Å²) in [5.41, 5.74) is 3.52. The molecule has 0 saturated heterocycles. The van der Waals surface area contributed by atoms with Crippen molar-refractivity contribution in [3.8, 4) is 6.07 Å². The minimum atomic E-state index is -0.212. The van der Waals surface area contributed by atoms with Gasteiger partial charge in [0.05, 0.1) is 17.0 Å². The second-order valence-electron chi connectivity index (χ2n) is 4.95.